The highest BCUT2D eigenvalue weighted by Gasteiger charge is 2.39. The predicted molar refractivity (Wildman–Crippen MR) is 64.6 cm³/mol. The first-order chi connectivity index (χ1) is 7.83. The van der Waals surface area contributed by atoms with Gasteiger partial charge in [0.1, 0.15) is 0 Å². The highest BCUT2D eigenvalue weighted by atomic mass is 16.5. The minimum Gasteiger partial charge on any atom is -0.380 e. The van der Waals surface area contributed by atoms with Crippen LogP contribution in [0.15, 0.2) is 0 Å². The molecule has 3 nitrogen and oxygen atoms in total. The number of likely N-dealkylation sites (tertiary alicyclic amines) is 1. The Morgan fingerprint density at radius 3 is 2.75 bits per heavy atom. The first-order valence-corrected chi connectivity index (χ1v) is 6.92. The van der Waals surface area contributed by atoms with Crippen LogP contribution in [0, 0.1) is 0 Å². The van der Waals surface area contributed by atoms with Crippen molar-refractivity contribution in [1.82, 2.24) is 10.2 Å². The number of nitrogens with zero attached hydrogens (tertiary/aromatic N) is 1. The number of hydrogen-bond donors (Lipinski definition) is 1. The Morgan fingerprint density at radius 1 is 1.19 bits per heavy atom. The molecule has 3 fully saturated rings. The van der Waals surface area contributed by atoms with Crippen molar-refractivity contribution in [1.29, 1.82) is 0 Å². The van der Waals surface area contributed by atoms with Gasteiger partial charge in [-0.3, -0.25) is 4.90 Å². The molecule has 3 unspecified atom stereocenters. The molecule has 2 saturated heterocycles. The highest BCUT2D eigenvalue weighted by molar-refractivity contribution is 4.96. The van der Waals surface area contributed by atoms with E-state index in [1.54, 1.807) is 0 Å². The minimum absolute atomic E-state index is 0.616. The molecule has 1 saturated carbocycles. The fourth-order valence-corrected chi connectivity index (χ4v) is 3.30. The van der Waals surface area contributed by atoms with Crippen molar-refractivity contribution in [3.8, 4) is 0 Å². The molecule has 92 valence electrons. The summed E-state index contributed by atoms with van der Waals surface area (Å²) in [6, 6.07) is 3.03. The molecule has 2 heterocycles. The van der Waals surface area contributed by atoms with Crippen molar-refractivity contribution in [3.05, 3.63) is 0 Å². The van der Waals surface area contributed by atoms with Crippen LogP contribution in [-0.4, -0.2) is 48.8 Å². The Balaban J connectivity index is 1.48. The lowest BCUT2D eigenvalue weighted by molar-refractivity contribution is 0.0666. The topological polar surface area (TPSA) is 24.5 Å². The molecule has 0 aromatic carbocycles. The third-order valence-corrected chi connectivity index (χ3v) is 4.27. The summed E-state index contributed by atoms with van der Waals surface area (Å²) in [4.78, 5) is 2.71. The SMILES string of the molecule is CC1CC(NC2CCCOC2)CN1C1CC1. The maximum absolute atomic E-state index is 5.53. The van der Waals surface area contributed by atoms with Gasteiger partial charge in [-0.15, -0.1) is 0 Å². The summed E-state index contributed by atoms with van der Waals surface area (Å²) in [5.41, 5.74) is 0. The zero-order valence-corrected chi connectivity index (χ0v) is 10.3. The number of rotatable bonds is 3. The van der Waals surface area contributed by atoms with Gasteiger partial charge in [-0.25, -0.2) is 0 Å². The molecule has 0 spiro atoms. The monoisotopic (exact) mass is 224 g/mol. The first-order valence-electron chi connectivity index (χ1n) is 6.92. The average Bonchev–Trinajstić information content (AvgIpc) is 3.06. The summed E-state index contributed by atoms with van der Waals surface area (Å²) in [7, 11) is 0. The molecule has 1 aliphatic carbocycles. The van der Waals surface area contributed by atoms with Gasteiger partial charge in [-0.05, 0) is 39.0 Å². The minimum atomic E-state index is 0.616. The highest BCUT2D eigenvalue weighted by Crippen LogP contribution is 2.33. The van der Waals surface area contributed by atoms with Gasteiger partial charge in [-0.1, -0.05) is 0 Å². The predicted octanol–water partition coefficient (Wildman–Crippen LogP) is 1.38. The summed E-state index contributed by atoms with van der Waals surface area (Å²) in [5.74, 6) is 0. The van der Waals surface area contributed by atoms with Gasteiger partial charge in [0.15, 0.2) is 0 Å². The Labute approximate surface area is 98.5 Å². The second-order valence-electron chi connectivity index (χ2n) is 5.79. The van der Waals surface area contributed by atoms with Crippen LogP contribution in [0.25, 0.3) is 0 Å². The van der Waals surface area contributed by atoms with E-state index < -0.39 is 0 Å². The van der Waals surface area contributed by atoms with Crippen LogP contribution in [0.5, 0.6) is 0 Å². The molecule has 0 bridgehead atoms. The van der Waals surface area contributed by atoms with Crippen LogP contribution in [-0.2, 0) is 4.74 Å². The molecule has 3 atom stereocenters. The summed E-state index contributed by atoms with van der Waals surface area (Å²) < 4.78 is 5.53. The lowest BCUT2D eigenvalue weighted by Gasteiger charge is -2.26. The van der Waals surface area contributed by atoms with Gasteiger partial charge in [0.05, 0.1) is 6.61 Å². The molecule has 2 aliphatic heterocycles. The quantitative estimate of drug-likeness (QED) is 0.784. The molecular formula is C13H24N2O. The first kappa shape index (κ1) is 11.0. The normalized spacial score (nSPS) is 41.4. The molecule has 3 rings (SSSR count). The van der Waals surface area contributed by atoms with Gasteiger partial charge >= 0.3 is 0 Å². The van der Waals surface area contributed by atoms with Gasteiger partial charge in [-0.2, -0.15) is 0 Å². The van der Waals surface area contributed by atoms with Crippen LogP contribution in [0.4, 0.5) is 0 Å². The fourth-order valence-electron chi connectivity index (χ4n) is 3.30. The zero-order chi connectivity index (χ0) is 11.0. The second kappa shape index (κ2) is 4.63. The standard InChI is InChI=1S/C13H24N2O/c1-10-7-12(8-15(10)13-4-5-13)14-11-3-2-6-16-9-11/h10-14H,2-9H2,1H3. The second-order valence-corrected chi connectivity index (χ2v) is 5.79. The van der Waals surface area contributed by atoms with E-state index in [1.165, 1.54) is 38.6 Å². The van der Waals surface area contributed by atoms with E-state index in [9.17, 15) is 0 Å². The molecule has 0 aromatic heterocycles. The van der Waals surface area contributed by atoms with E-state index in [1.807, 2.05) is 0 Å². The van der Waals surface area contributed by atoms with Crippen LogP contribution < -0.4 is 5.32 Å². The van der Waals surface area contributed by atoms with Crippen LogP contribution in [0.1, 0.15) is 39.0 Å². The van der Waals surface area contributed by atoms with Crippen LogP contribution in [0.2, 0.25) is 0 Å². The van der Waals surface area contributed by atoms with Gasteiger partial charge < -0.3 is 10.1 Å². The molecule has 0 aromatic rings. The van der Waals surface area contributed by atoms with Crippen molar-refractivity contribution in [2.24, 2.45) is 0 Å². The van der Waals surface area contributed by atoms with Crippen molar-refractivity contribution < 1.29 is 4.74 Å². The molecule has 0 amide bonds. The number of ether oxygens (including phenoxy) is 1. The van der Waals surface area contributed by atoms with E-state index in [2.05, 4.69) is 17.1 Å². The average molecular weight is 224 g/mol. The van der Waals surface area contributed by atoms with Gasteiger partial charge in [0.25, 0.3) is 0 Å². The van der Waals surface area contributed by atoms with E-state index in [4.69, 9.17) is 4.74 Å². The van der Waals surface area contributed by atoms with Crippen molar-refractivity contribution >= 4 is 0 Å². The number of nitrogens with one attached hydrogen (secondary N) is 1. The van der Waals surface area contributed by atoms with E-state index >= 15 is 0 Å². The zero-order valence-electron chi connectivity index (χ0n) is 10.3. The lowest BCUT2D eigenvalue weighted by atomic mass is 10.1. The van der Waals surface area contributed by atoms with Crippen molar-refractivity contribution in [3.63, 3.8) is 0 Å². The summed E-state index contributed by atoms with van der Waals surface area (Å²) >= 11 is 0. The smallest absolute Gasteiger partial charge is 0.0619 e. The summed E-state index contributed by atoms with van der Waals surface area (Å²) in [6.45, 7) is 5.54. The molecule has 16 heavy (non-hydrogen) atoms. The maximum atomic E-state index is 5.53. The number of hydrogen-bond acceptors (Lipinski definition) is 3. The third kappa shape index (κ3) is 2.41. The summed E-state index contributed by atoms with van der Waals surface area (Å²) in [6.07, 6.45) is 6.72. The Kier molecular flexibility index (Phi) is 3.18. The Morgan fingerprint density at radius 2 is 2.06 bits per heavy atom. The van der Waals surface area contributed by atoms with Crippen molar-refractivity contribution in [2.75, 3.05) is 19.8 Å². The van der Waals surface area contributed by atoms with Crippen LogP contribution in [0.3, 0.4) is 0 Å². The lowest BCUT2D eigenvalue weighted by Crippen LogP contribution is -2.44. The molecular weight excluding hydrogens is 200 g/mol. The Bertz CT molecular complexity index is 236. The van der Waals surface area contributed by atoms with E-state index in [0.29, 0.717) is 12.1 Å². The molecule has 3 aliphatic rings. The van der Waals surface area contributed by atoms with E-state index in [-0.39, 0.29) is 0 Å². The van der Waals surface area contributed by atoms with Gasteiger partial charge in [0.2, 0.25) is 0 Å². The van der Waals surface area contributed by atoms with Gasteiger partial charge in [0, 0.05) is 37.3 Å². The Hall–Kier alpha value is -0.120. The maximum Gasteiger partial charge on any atom is 0.0619 e. The van der Waals surface area contributed by atoms with Crippen molar-refractivity contribution in [2.45, 2.75) is 63.2 Å². The summed E-state index contributed by atoms with van der Waals surface area (Å²) in [5, 5.41) is 3.79. The third-order valence-electron chi connectivity index (χ3n) is 4.27. The fraction of sp³-hybridized carbons (Fsp3) is 1.00. The molecule has 3 heteroatoms. The largest absolute Gasteiger partial charge is 0.380 e. The molecule has 1 N–H and O–H groups in total. The van der Waals surface area contributed by atoms with E-state index in [0.717, 1.165) is 25.3 Å². The molecule has 0 radical (unpaired) electrons. The van der Waals surface area contributed by atoms with Crippen LogP contribution >= 0.6 is 0 Å².